The number of benzene rings is 2. The van der Waals surface area contributed by atoms with Crippen LogP contribution in [0.2, 0.25) is 5.02 Å². The standard InChI is InChI=1S/C18H20ClFN2O3S/c19-17-3-1-2-4-18(17)25-14-13-21-9-11-22(12-10-21)26(23,24)16-7-5-15(20)6-8-16/h1-8H,9-14H2/p+1. The van der Waals surface area contributed by atoms with Crippen LogP contribution in [0.3, 0.4) is 0 Å². The van der Waals surface area contributed by atoms with Gasteiger partial charge in [-0.25, -0.2) is 12.8 Å². The maximum absolute atomic E-state index is 13.0. The Balaban J connectivity index is 1.49. The molecule has 140 valence electrons. The van der Waals surface area contributed by atoms with E-state index in [-0.39, 0.29) is 4.90 Å². The first-order valence-electron chi connectivity index (χ1n) is 8.43. The molecule has 1 fully saturated rings. The van der Waals surface area contributed by atoms with Crippen molar-refractivity contribution in [1.29, 1.82) is 0 Å². The number of nitrogens with zero attached hydrogens (tertiary/aromatic N) is 1. The third kappa shape index (κ3) is 4.54. The summed E-state index contributed by atoms with van der Waals surface area (Å²) < 4.78 is 45.3. The van der Waals surface area contributed by atoms with E-state index < -0.39 is 15.8 Å². The minimum atomic E-state index is -3.57. The van der Waals surface area contributed by atoms with Gasteiger partial charge in [-0.05, 0) is 36.4 Å². The summed E-state index contributed by atoms with van der Waals surface area (Å²) in [5, 5.41) is 0.581. The number of quaternary nitrogens is 1. The van der Waals surface area contributed by atoms with Gasteiger partial charge in [0.1, 0.15) is 24.7 Å². The van der Waals surface area contributed by atoms with Crippen LogP contribution in [0.25, 0.3) is 0 Å². The van der Waals surface area contributed by atoms with Crippen molar-refractivity contribution >= 4 is 21.6 Å². The number of hydrogen-bond acceptors (Lipinski definition) is 3. The lowest BCUT2D eigenvalue weighted by Crippen LogP contribution is -3.15. The molecule has 1 N–H and O–H groups in total. The lowest BCUT2D eigenvalue weighted by Gasteiger charge is -2.31. The molecule has 0 radical (unpaired) electrons. The van der Waals surface area contributed by atoms with E-state index in [1.807, 2.05) is 18.2 Å². The van der Waals surface area contributed by atoms with Crippen LogP contribution in [0, 0.1) is 5.82 Å². The molecule has 2 aromatic rings. The summed E-state index contributed by atoms with van der Waals surface area (Å²) in [6.45, 7) is 3.56. The first-order chi connectivity index (χ1) is 12.5. The molecule has 0 aromatic heterocycles. The van der Waals surface area contributed by atoms with E-state index >= 15 is 0 Å². The first-order valence-corrected chi connectivity index (χ1v) is 10.3. The second-order valence-corrected chi connectivity index (χ2v) is 8.48. The molecule has 0 unspecified atom stereocenters. The Bertz CT molecular complexity index is 838. The van der Waals surface area contributed by atoms with Gasteiger partial charge in [0.2, 0.25) is 10.0 Å². The van der Waals surface area contributed by atoms with Gasteiger partial charge in [0.15, 0.2) is 0 Å². The third-order valence-electron chi connectivity index (χ3n) is 4.43. The van der Waals surface area contributed by atoms with Crippen LogP contribution in [0.5, 0.6) is 5.75 Å². The van der Waals surface area contributed by atoms with Crippen LogP contribution in [0.15, 0.2) is 53.4 Å². The van der Waals surface area contributed by atoms with Crippen molar-refractivity contribution in [2.45, 2.75) is 4.90 Å². The highest BCUT2D eigenvalue weighted by Crippen LogP contribution is 2.22. The highest BCUT2D eigenvalue weighted by Gasteiger charge is 2.30. The SMILES string of the molecule is O=S(=O)(c1ccc(F)cc1)N1CC[NH+](CCOc2ccccc2Cl)CC1. The van der Waals surface area contributed by atoms with E-state index in [4.69, 9.17) is 16.3 Å². The number of rotatable bonds is 6. The molecule has 1 aliphatic rings. The van der Waals surface area contributed by atoms with E-state index in [2.05, 4.69) is 0 Å². The number of sulfonamides is 1. The Labute approximate surface area is 158 Å². The molecular formula is C18H21ClFN2O3S+. The predicted molar refractivity (Wildman–Crippen MR) is 97.7 cm³/mol. The van der Waals surface area contributed by atoms with Crippen molar-refractivity contribution in [2.24, 2.45) is 0 Å². The van der Waals surface area contributed by atoms with Crippen LogP contribution in [0.1, 0.15) is 0 Å². The molecule has 0 saturated carbocycles. The highest BCUT2D eigenvalue weighted by molar-refractivity contribution is 7.89. The van der Waals surface area contributed by atoms with Gasteiger partial charge >= 0.3 is 0 Å². The highest BCUT2D eigenvalue weighted by atomic mass is 35.5. The van der Waals surface area contributed by atoms with Crippen molar-refractivity contribution < 1.29 is 22.4 Å². The predicted octanol–water partition coefficient (Wildman–Crippen LogP) is 1.45. The molecule has 8 heteroatoms. The zero-order valence-electron chi connectivity index (χ0n) is 14.2. The molecule has 1 aliphatic heterocycles. The maximum Gasteiger partial charge on any atom is 0.243 e. The molecule has 1 saturated heterocycles. The van der Waals surface area contributed by atoms with Crippen LogP contribution in [-0.4, -0.2) is 52.1 Å². The fourth-order valence-electron chi connectivity index (χ4n) is 2.92. The molecule has 3 rings (SSSR count). The normalized spacial score (nSPS) is 16.5. The summed E-state index contributed by atoms with van der Waals surface area (Å²) in [6, 6.07) is 12.3. The van der Waals surface area contributed by atoms with Gasteiger partial charge < -0.3 is 9.64 Å². The number of piperazine rings is 1. The van der Waals surface area contributed by atoms with Crippen LogP contribution in [0.4, 0.5) is 4.39 Å². The monoisotopic (exact) mass is 399 g/mol. The lowest BCUT2D eigenvalue weighted by atomic mass is 10.3. The number of para-hydroxylation sites is 1. The van der Waals surface area contributed by atoms with E-state index in [0.29, 0.717) is 43.6 Å². The van der Waals surface area contributed by atoms with Crippen molar-refractivity contribution in [3.63, 3.8) is 0 Å². The molecule has 2 aromatic carbocycles. The van der Waals surface area contributed by atoms with E-state index in [1.165, 1.54) is 33.5 Å². The number of ether oxygens (including phenoxy) is 1. The van der Waals surface area contributed by atoms with Gasteiger partial charge in [0.05, 0.1) is 36.1 Å². The molecule has 1 heterocycles. The number of nitrogens with one attached hydrogen (secondary N) is 1. The average Bonchev–Trinajstić information content (AvgIpc) is 2.64. The Morgan fingerprint density at radius 3 is 2.38 bits per heavy atom. The molecule has 5 nitrogen and oxygen atoms in total. The van der Waals surface area contributed by atoms with Crippen LogP contribution in [-0.2, 0) is 10.0 Å². The van der Waals surface area contributed by atoms with Gasteiger partial charge in [-0.15, -0.1) is 0 Å². The zero-order chi connectivity index (χ0) is 18.6. The molecule has 0 aliphatic carbocycles. The van der Waals surface area contributed by atoms with Gasteiger partial charge in [-0.2, -0.15) is 4.31 Å². The Hall–Kier alpha value is -1.67. The molecule has 0 spiro atoms. The first kappa shape index (κ1) is 19.1. The van der Waals surface area contributed by atoms with Crippen LogP contribution >= 0.6 is 11.6 Å². The molecule has 0 amide bonds. The van der Waals surface area contributed by atoms with Gasteiger partial charge in [0.25, 0.3) is 0 Å². The van der Waals surface area contributed by atoms with Gasteiger partial charge in [0, 0.05) is 0 Å². The Kier molecular flexibility index (Phi) is 6.13. The summed E-state index contributed by atoms with van der Waals surface area (Å²) >= 11 is 6.05. The summed E-state index contributed by atoms with van der Waals surface area (Å²) in [5.41, 5.74) is 0. The fourth-order valence-corrected chi connectivity index (χ4v) is 4.55. The van der Waals surface area contributed by atoms with Gasteiger partial charge in [-0.1, -0.05) is 23.7 Å². The molecular weight excluding hydrogens is 379 g/mol. The smallest absolute Gasteiger partial charge is 0.243 e. The number of halogens is 2. The van der Waals surface area contributed by atoms with Crippen LogP contribution < -0.4 is 9.64 Å². The van der Waals surface area contributed by atoms with Crippen molar-refractivity contribution in [1.82, 2.24) is 4.31 Å². The number of hydrogen-bond donors (Lipinski definition) is 1. The van der Waals surface area contributed by atoms with E-state index in [0.717, 1.165) is 6.54 Å². The fraction of sp³-hybridized carbons (Fsp3) is 0.333. The summed E-state index contributed by atoms with van der Waals surface area (Å²) in [7, 11) is -3.57. The maximum atomic E-state index is 13.0. The Morgan fingerprint density at radius 1 is 1.08 bits per heavy atom. The van der Waals surface area contributed by atoms with E-state index in [1.54, 1.807) is 6.07 Å². The summed E-state index contributed by atoms with van der Waals surface area (Å²) in [6.07, 6.45) is 0. The average molecular weight is 400 g/mol. The van der Waals surface area contributed by atoms with Crippen molar-refractivity contribution in [2.75, 3.05) is 39.3 Å². The summed E-state index contributed by atoms with van der Waals surface area (Å²) in [4.78, 5) is 1.41. The second kappa shape index (κ2) is 8.35. The summed E-state index contributed by atoms with van der Waals surface area (Å²) in [5.74, 6) is 0.211. The molecule has 0 bridgehead atoms. The van der Waals surface area contributed by atoms with Crippen molar-refractivity contribution in [3.8, 4) is 5.75 Å². The quantitative estimate of drug-likeness (QED) is 0.799. The van der Waals surface area contributed by atoms with Crippen molar-refractivity contribution in [3.05, 3.63) is 59.4 Å². The molecule has 0 atom stereocenters. The largest absolute Gasteiger partial charge is 0.486 e. The molecule has 26 heavy (non-hydrogen) atoms. The van der Waals surface area contributed by atoms with Gasteiger partial charge in [-0.3, -0.25) is 0 Å². The lowest BCUT2D eigenvalue weighted by molar-refractivity contribution is -0.903. The minimum absolute atomic E-state index is 0.129. The van der Waals surface area contributed by atoms with E-state index in [9.17, 15) is 12.8 Å². The minimum Gasteiger partial charge on any atom is -0.486 e. The zero-order valence-corrected chi connectivity index (χ0v) is 15.8. The topological polar surface area (TPSA) is 51.0 Å². The Morgan fingerprint density at radius 2 is 1.73 bits per heavy atom. The third-order valence-corrected chi connectivity index (χ3v) is 6.66. The second-order valence-electron chi connectivity index (χ2n) is 6.14.